The van der Waals surface area contributed by atoms with Crippen LogP contribution < -0.4 is 0 Å². The van der Waals surface area contributed by atoms with Gasteiger partial charge in [0.2, 0.25) is 5.88 Å². The summed E-state index contributed by atoms with van der Waals surface area (Å²) in [5.41, 5.74) is 3.13. The Labute approximate surface area is 153 Å². The minimum atomic E-state index is 0.149. The van der Waals surface area contributed by atoms with Crippen LogP contribution in [0.5, 0.6) is 5.88 Å². The maximum absolute atomic E-state index is 10.4. The first-order valence-corrected chi connectivity index (χ1v) is 8.91. The maximum Gasteiger partial charge on any atom is 0.217 e. The fourth-order valence-electron chi connectivity index (χ4n) is 2.47. The Morgan fingerprint density at radius 2 is 2.08 bits per heavy atom. The topological polar surface area (TPSA) is 65.7 Å². The molecule has 1 aliphatic rings. The van der Waals surface area contributed by atoms with E-state index in [0.717, 1.165) is 34.2 Å². The van der Waals surface area contributed by atoms with E-state index in [-0.39, 0.29) is 5.88 Å². The molecule has 0 atom stereocenters. The Balaban J connectivity index is 1.94. The van der Waals surface area contributed by atoms with E-state index in [0.29, 0.717) is 17.0 Å². The Hall–Kier alpha value is -1.99. The molecule has 0 saturated carbocycles. The van der Waals surface area contributed by atoms with Gasteiger partial charge in [-0.2, -0.15) is 5.10 Å². The van der Waals surface area contributed by atoms with Crippen LogP contribution in [0, 0.1) is 4.77 Å². The van der Waals surface area contributed by atoms with Crippen molar-refractivity contribution in [1.29, 1.82) is 0 Å². The van der Waals surface area contributed by atoms with Crippen LogP contribution >= 0.6 is 28.1 Å². The van der Waals surface area contributed by atoms with Gasteiger partial charge in [-0.05, 0) is 36.8 Å². The number of imidazole rings is 1. The first-order chi connectivity index (χ1) is 11.6. The molecular weight excluding hydrogens is 388 g/mol. The Morgan fingerprint density at radius 3 is 2.79 bits per heavy atom. The molecule has 1 aliphatic heterocycles. The molecule has 0 aliphatic carbocycles. The van der Waals surface area contributed by atoms with Crippen LogP contribution in [0.2, 0.25) is 0 Å². The van der Waals surface area contributed by atoms with Crippen LogP contribution in [0.25, 0.3) is 6.08 Å². The third-order valence-corrected chi connectivity index (χ3v) is 4.62. The van der Waals surface area contributed by atoms with Crippen molar-refractivity contribution >= 4 is 46.2 Å². The highest BCUT2D eigenvalue weighted by atomic mass is 79.9. The van der Waals surface area contributed by atoms with E-state index >= 15 is 0 Å². The normalized spacial score (nSPS) is 15.2. The van der Waals surface area contributed by atoms with E-state index < -0.39 is 0 Å². The largest absolute Gasteiger partial charge is 0.493 e. The number of rotatable bonds is 5. The van der Waals surface area contributed by atoms with Crippen LogP contribution in [-0.4, -0.2) is 26.6 Å². The smallest absolute Gasteiger partial charge is 0.217 e. The van der Waals surface area contributed by atoms with E-state index in [4.69, 9.17) is 12.2 Å². The highest BCUT2D eigenvalue weighted by molar-refractivity contribution is 9.10. The summed E-state index contributed by atoms with van der Waals surface area (Å²) in [5, 5.41) is 18.6. The molecule has 24 heavy (non-hydrogen) atoms. The molecule has 3 rings (SSSR count). The van der Waals surface area contributed by atoms with Crippen molar-refractivity contribution in [1.82, 2.24) is 9.55 Å². The van der Waals surface area contributed by atoms with E-state index in [1.54, 1.807) is 10.8 Å². The SMILES string of the molecule is CCCCn1c(O)c(C=C2C=NN=C2c2ccc(Br)cc2)[nH]c1=S. The highest BCUT2D eigenvalue weighted by Gasteiger charge is 2.16. The lowest BCUT2D eigenvalue weighted by Crippen LogP contribution is -2.02. The van der Waals surface area contributed by atoms with Crippen LogP contribution in [-0.2, 0) is 6.54 Å². The molecule has 5 nitrogen and oxygen atoms in total. The van der Waals surface area contributed by atoms with E-state index in [9.17, 15) is 5.11 Å². The second kappa shape index (κ2) is 7.27. The lowest BCUT2D eigenvalue weighted by Gasteiger charge is -2.04. The summed E-state index contributed by atoms with van der Waals surface area (Å²) in [6, 6.07) is 7.86. The molecule has 0 bridgehead atoms. The van der Waals surface area contributed by atoms with Crippen molar-refractivity contribution in [3.8, 4) is 5.88 Å². The molecule has 2 heterocycles. The molecule has 0 radical (unpaired) electrons. The minimum absolute atomic E-state index is 0.149. The number of allylic oxidation sites excluding steroid dienone is 1. The zero-order valence-electron chi connectivity index (χ0n) is 13.2. The third-order valence-electron chi connectivity index (χ3n) is 3.76. The molecule has 0 spiro atoms. The third kappa shape index (κ3) is 3.42. The Morgan fingerprint density at radius 1 is 1.33 bits per heavy atom. The van der Waals surface area contributed by atoms with Crippen LogP contribution in [0.15, 0.2) is 44.5 Å². The summed E-state index contributed by atoms with van der Waals surface area (Å²) in [5.74, 6) is 0.149. The molecule has 0 saturated heterocycles. The molecule has 0 amide bonds. The predicted octanol–water partition coefficient (Wildman–Crippen LogP) is 4.69. The Kier molecular flexibility index (Phi) is 5.11. The molecule has 124 valence electrons. The standard InChI is InChI=1S/C17H17BrN4OS/c1-2-3-8-22-16(23)14(20-17(22)24)9-12-10-19-21-15(12)11-4-6-13(18)7-5-11/h4-7,9-10,23H,2-3,8H2,1H3,(H,20,24). The van der Waals surface area contributed by atoms with Crippen molar-refractivity contribution in [2.24, 2.45) is 10.2 Å². The number of aromatic amines is 1. The monoisotopic (exact) mass is 404 g/mol. The first-order valence-electron chi connectivity index (χ1n) is 7.71. The lowest BCUT2D eigenvalue weighted by molar-refractivity contribution is 0.410. The van der Waals surface area contributed by atoms with Crippen molar-refractivity contribution in [3.63, 3.8) is 0 Å². The maximum atomic E-state index is 10.4. The number of aromatic nitrogens is 2. The van der Waals surface area contributed by atoms with E-state index in [1.165, 1.54) is 0 Å². The number of hydrogen-bond donors (Lipinski definition) is 2. The summed E-state index contributed by atoms with van der Waals surface area (Å²) in [4.78, 5) is 3.06. The van der Waals surface area contributed by atoms with Gasteiger partial charge in [0, 0.05) is 22.2 Å². The number of H-pyrrole nitrogens is 1. The van der Waals surface area contributed by atoms with Crippen LogP contribution in [0.1, 0.15) is 31.0 Å². The quantitative estimate of drug-likeness (QED) is 0.709. The highest BCUT2D eigenvalue weighted by Crippen LogP contribution is 2.23. The lowest BCUT2D eigenvalue weighted by atomic mass is 10.0. The molecule has 0 unspecified atom stereocenters. The molecule has 1 aromatic heterocycles. The van der Waals surface area contributed by atoms with Gasteiger partial charge in [0.15, 0.2) is 4.77 Å². The second-order valence-electron chi connectivity index (χ2n) is 5.47. The predicted molar refractivity (Wildman–Crippen MR) is 103 cm³/mol. The molecule has 2 aromatic rings. The van der Waals surface area contributed by atoms with E-state index in [2.05, 4.69) is 38.0 Å². The zero-order valence-corrected chi connectivity index (χ0v) is 15.6. The van der Waals surface area contributed by atoms with Gasteiger partial charge in [-0.3, -0.25) is 4.57 Å². The van der Waals surface area contributed by atoms with Gasteiger partial charge in [-0.15, -0.1) is 5.10 Å². The summed E-state index contributed by atoms with van der Waals surface area (Å²) in [6.45, 7) is 2.80. The van der Waals surface area contributed by atoms with Crippen molar-refractivity contribution in [2.75, 3.05) is 0 Å². The number of unbranched alkanes of at least 4 members (excludes halogenated alkanes) is 1. The molecule has 0 fully saturated rings. The molecule has 7 heteroatoms. The van der Waals surface area contributed by atoms with Gasteiger partial charge in [0.1, 0.15) is 11.4 Å². The first kappa shape index (κ1) is 16.9. The minimum Gasteiger partial charge on any atom is -0.493 e. The molecular formula is C17H17BrN4OS. The average molecular weight is 405 g/mol. The Bertz CT molecular complexity index is 890. The van der Waals surface area contributed by atoms with Gasteiger partial charge in [-0.1, -0.05) is 41.4 Å². The summed E-state index contributed by atoms with van der Waals surface area (Å²) in [7, 11) is 0. The van der Waals surface area contributed by atoms with Crippen LogP contribution in [0.3, 0.4) is 0 Å². The summed E-state index contributed by atoms with van der Waals surface area (Å²) in [6.07, 6.45) is 5.50. The van der Waals surface area contributed by atoms with Crippen LogP contribution in [0.4, 0.5) is 0 Å². The number of nitrogens with one attached hydrogen (secondary N) is 1. The summed E-state index contributed by atoms with van der Waals surface area (Å²) >= 11 is 8.73. The average Bonchev–Trinajstić information content (AvgIpc) is 3.13. The van der Waals surface area contributed by atoms with Gasteiger partial charge in [-0.25, -0.2) is 0 Å². The number of aromatic hydroxyl groups is 1. The number of halogens is 1. The number of benzene rings is 1. The van der Waals surface area contributed by atoms with Crippen molar-refractivity contribution < 1.29 is 5.11 Å². The summed E-state index contributed by atoms with van der Waals surface area (Å²) < 4.78 is 3.24. The van der Waals surface area contributed by atoms with Crippen molar-refractivity contribution in [3.05, 3.63) is 50.3 Å². The van der Waals surface area contributed by atoms with Crippen molar-refractivity contribution in [2.45, 2.75) is 26.3 Å². The van der Waals surface area contributed by atoms with Gasteiger partial charge in [0.25, 0.3) is 0 Å². The van der Waals surface area contributed by atoms with Gasteiger partial charge < -0.3 is 10.1 Å². The van der Waals surface area contributed by atoms with Gasteiger partial charge >= 0.3 is 0 Å². The fraction of sp³-hybridized carbons (Fsp3) is 0.235. The van der Waals surface area contributed by atoms with E-state index in [1.807, 2.05) is 30.3 Å². The number of hydrogen-bond acceptors (Lipinski definition) is 4. The molecule has 2 N–H and O–H groups in total. The van der Waals surface area contributed by atoms with Gasteiger partial charge in [0.05, 0.1) is 6.21 Å². The fourth-order valence-corrected chi connectivity index (χ4v) is 3.02. The number of nitrogens with zero attached hydrogens (tertiary/aromatic N) is 3. The molecule has 1 aromatic carbocycles. The second-order valence-corrected chi connectivity index (χ2v) is 6.77. The zero-order chi connectivity index (χ0) is 17.1.